The number of aliphatic carboxylic acids is 1. The molecule has 0 heterocycles. The molecule has 2 amide bonds. The summed E-state index contributed by atoms with van der Waals surface area (Å²) in [5.41, 5.74) is -0.443. The molecule has 0 saturated carbocycles. The molecule has 106 valence electrons. The molecule has 0 fully saturated rings. The lowest BCUT2D eigenvalue weighted by atomic mass is 9.90. The predicted octanol–water partition coefficient (Wildman–Crippen LogP) is 2.37. The van der Waals surface area contributed by atoms with Crippen molar-refractivity contribution in [3.63, 3.8) is 0 Å². The summed E-state index contributed by atoms with van der Waals surface area (Å²) >= 11 is 0. The zero-order chi connectivity index (χ0) is 14.4. The summed E-state index contributed by atoms with van der Waals surface area (Å²) in [7, 11) is 0. The van der Waals surface area contributed by atoms with Gasteiger partial charge in [-0.15, -0.1) is 0 Å². The summed E-state index contributed by atoms with van der Waals surface area (Å²) in [6.45, 7) is 10.5. The molecule has 0 aromatic carbocycles. The normalized spacial score (nSPS) is 12.1. The maximum Gasteiger partial charge on any atom is 0.315 e. The van der Waals surface area contributed by atoms with E-state index in [1.165, 1.54) is 0 Å². The van der Waals surface area contributed by atoms with Gasteiger partial charge in [0.1, 0.15) is 0 Å². The monoisotopic (exact) mass is 258 g/mol. The van der Waals surface area contributed by atoms with Crippen molar-refractivity contribution in [2.45, 2.75) is 59.4 Å². The molecule has 0 radical (unpaired) electrons. The van der Waals surface area contributed by atoms with E-state index in [-0.39, 0.29) is 17.9 Å². The van der Waals surface area contributed by atoms with Crippen LogP contribution in [0.15, 0.2) is 0 Å². The maximum absolute atomic E-state index is 11.7. The maximum atomic E-state index is 11.7. The van der Waals surface area contributed by atoms with Crippen molar-refractivity contribution in [1.29, 1.82) is 0 Å². The third-order valence-electron chi connectivity index (χ3n) is 3.10. The van der Waals surface area contributed by atoms with Crippen molar-refractivity contribution < 1.29 is 14.7 Å². The van der Waals surface area contributed by atoms with Crippen molar-refractivity contribution >= 4 is 12.0 Å². The van der Waals surface area contributed by atoms with Gasteiger partial charge in [-0.25, -0.2) is 4.79 Å². The fraction of sp³-hybridized carbons (Fsp3) is 0.846. The first-order chi connectivity index (χ1) is 8.08. The van der Waals surface area contributed by atoms with E-state index in [1.807, 2.05) is 13.8 Å². The molecule has 0 unspecified atom stereocenters. The highest BCUT2D eigenvalue weighted by atomic mass is 16.4. The number of hydrogen-bond donors (Lipinski definition) is 3. The largest absolute Gasteiger partial charge is 0.481 e. The molecular weight excluding hydrogens is 232 g/mol. The predicted molar refractivity (Wildman–Crippen MR) is 71.6 cm³/mol. The van der Waals surface area contributed by atoms with Gasteiger partial charge >= 0.3 is 12.0 Å². The Kier molecular flexibility index (Phi) is 6.15. The topological polar surface area (TPSA) is 78.4 Å². The van der Waals surface area contributed by atoms with Crippen LogP contribution < -0.4 is 10.6 Å². The van der Waals surface area contributed by atoms with Crippen molar-refractivity contribution in [3.8, 4) is 0 Å². The number of carboxylic acid groups (broad SMARTS) is 1. The fourth-order valence-corrected chi connectivity index (χ4v) is 1.28. The van der Waals surface area contributed by atoms with Crippen LogP contribution in [-0.4, -0.2) is 29.2 Å². The van der Waals surface area contributed by atoms with Crippen LogP contribution in [0, 0.1) is 5.41 Å². The third kappa shape index (κ3) is 7.92. The van der Waals surface area contributed by atoms with Gasteiger partial charge in [0.15, 0.2) is 0 Å². The summed E-state index contributed by atoms with van der Waals surface area (Å²) in [5.74, 6) is -0.850. The van der Waals surface area contributed by atoms with E-state index >= 15 is 0 Å². The zero-order valence-electron chi connectivity index (χ0n) is 12.1. The van der Waals surface area contributed by atoms with Crippen molar-refractivity contribution in [1.82, 2.24) is 10.6 Å². The number of carbonyl (C=O) groups is 2. The number of carbonyl (C=O) groups excluding carboxylic acids is 1. The van der Waals surface area contributed by atoms with E-state index in [9.17, 15) is 9.59 Å². The lowest BCUT2D eigenvalue weighted by Crippen LogP contribution is -2.50. The second-order valence-corrected chi connectivity index (χ2v) is 6.10. The number of rotatable bonds is 7. The smallest absolute Gasteiger partial charge is 0.315 e. The Morgan fingerprint density at radius 1 is 1.17 bits per heavy atom. The van der Waals surface area contributed by atoms with Gasteiger partial charge in [0.2, 0.25) is 0 Å². The molecule has 3 N–H and O–H groups in total. The minimum Gasteiger partial charge on any atom is -0.481 e. The Hall–Kier alpha value is -1.26. The molecule has 0 atom stereocenters. The first kappa shape index (κ1) is 16.7. The van der Waals surface area contributed by atoms with E-state index in [1.54, 1.807) is 0 Å². The molecule has 5 heteroatoms. The Morgan fingerprint density at radius 3 is 2.17 bits per heavy atom. The van der Waals surface area contributed by atoms with E-state index < -0.39 is 11.5 Å². The van der Waals surface area contributed by atoms with Crippen LogP contribution >= 0.6 is 0 Å². The third-order valence-corrected chi connectivity index (χ3v) is 3.10. The molecule has 0 saturated heterocycles. The summed E-state index contributed by atoms with van der Waals surface area (Å²) in [5, 5.41) is 14.2. The van der Waals surface area contributed by atoms with Gasteiger partial charge in [-0.2, -0.15) is 0 Å². The summed E-state index contributed by atoms with van der Waals surface area (Å²) in [6, 6.07) is -0.244. The SMILES string of the molecule is CCC(C)(C)CNC(=O)NC(C)(C)CCC(=O)O. The summed E-state index contributed by atoms with van der Waals surface area (Å²) in [6.07, 6.45) is 1.44. The van der Waals surface area contributed by atoms with Crippen molar-refractivity contribution in [2.24, 2.45) is 5.41 Å². The molecule has 18 heavy (non-hydrogen) atoms. The fourth-order valence-electron chi connectivity index (χ4n) is 1.28. The number of hydrogen-bond acceptors (Lipinski definition) is 2. The van der Waals surface area contributed by atoms with Gasteiger partial charge in [0.05, 0.1) is 0 Å². The minimum atomic E-state index is -0.850. The van der Waals surface area contributed by atoms with Crippen molar-refractivity contribution in [3.05, 3.63) is 0 Å². The second kappa shape index (κ2) is 6.61. The highest BCUT2D eigenvalue weighted by Gasteiger charge is 2.22. The number of amides is 2. The first-order valence-corrected chi connectivity index (χ1v) is 6.36. The molecule has 0 aliphatic rings. The quantitative estimate of drug-likeness (QED) is 0.656. The van der Waals surface area contributed by atoms with Crippen LogP contribution in [0.1, 0.15) is 53.9 Å². The van der Waals surface area contributed by atoms with E-state index in [4.69, 9.17) is 5.11 Å². The minimum absolute atomic E-state index is 0.0493. The van der Waals surface area contributed by atoms with Gasteiger partial charge in [0, 0.05) is 18.5 Å². The summed E-state index contributed by atoms with van der Waals surface area (Å²) in [4.78, 5) is 22.2. The molecule has 0 rings (SSSR count). The van der Waals surface area contributed by atoms with E-state index in [0.717, 1.165) is 6.42 Å². The van der Waals surface area contributed by atoms with Gasteiger partial charge in [0.25, 0.3) is 0 Å². The molecule has 5 nitrogen and oxygen atoms in total. The molecule has 0 bridgehead atoms. The lowest BCUT2D eigenvalue weighted by Gasteiger charge is -2.28. The Balaban J connectivity index is 4.10. The standard InChI is InChI=1S/C13H26N2O3/c1-6-12(2,3)9-14-11(18)15-13(4,5)8-7-10(16)17/h6-9H2,1-5H3,(H,16,17)(H2,14,15,18). The molecule has 0 aromatic rings. The van der Waals surface area contributed by atoms with Crippen LogP contribution in [0.5, 0.6) is 0 Å². The first-order valence-electron chi connectivity index (χ1n) is 6.36. The average molecular weight is 258 g/mol. The molecule has 0 spiro atoms. The Morgan fingerprint density at radius 2 is 1.72 bits per heavy atom. The number of urea groups is 1. The Bertz CT molecular complexity index is 299. The highest BCUT2D eigenvalue weighted by molar-refractivity contribution is 5.75. The van der Waals surface area contributed by atoms with Crippen LogP contribution in [0.2, 0.25) is 0 Å². The number of nitrogens with one attached hydrogen (secondary N) is 2. The van der Waals surface area contributed by atoms with Crippen LogP contribution in [-0.2, 0) is 4.79 Å². The molecule has 0 aromatic heterocycles. The zero-order valence-corrected chi connectivity index (χ0v) is 12.1. The number of carboxylic acids is 1. The van der Waals surface area contributed by atoms with E-state index in [2.05, 4.69) is 31.4 Å². The molecular formula is C13H26N2O3. The van der Waals surface area contributed by atoms with Gasteiger partial charge in [-0.1, -0.05) is 20.8 Å². The summed E-state index contributed by atoms with van der Waals surface area (Å²) < 4.78 is 0. The second-order valence-electron chi connectivity index (χ2n) is 6.10. The Labute approximate surface area is 109 Å². The van der Waals surface area contributed by atoms with Crippen LogP contribution in [0.3, 0.4) is 0 Å². The van der Waals surface area contributed by atoms with Crippen LogP contribution in [0.25, 0.3) is 0 Å². The lowest BCUT2D eigenvalue weighted by molar-refractivity contribution is -0.137. The van der Waals surface area contributed by atoms with Gasteiger partial charge in [-0.3, -0.25) is 4.79 Å². The van der Waals surface area contributed by atoms with E-state index in [0.29, 0.717) is 13.0 Å². The van der Waals surface area contributed by atoms with Gasteiger partial charge in [-0.05, 0) is 32.1 Å². The van der Waals surface area contributed by atoms with Crippen LogP contribution in [0.4, 0.5) is 4.79 Å². The highest BCUT2D eigenvalue weighted by Crippen LogP contribution is 2.17. The van der Waals surface area contributed by atoms with Crippen molar-refractivity contribution in [2.75, 3.05) is 6.54 Å². The van der Waals surface area contributed by atoms with Gasteiger partial charge < -0.3 is 15.7 Å². The molecule has 0 aliphatic heterocycles. The molecule has 0 aliphatic carbocycles. The average Bonchev–Trinajstić information content (AvgIpc) is 2.24.